The summed E-state index contributed by atoms with van der Waals surface area (Å²) in [5, 5.41) is 2.93. The minimum atomic E-state index is -0.430. The zero-order chi connectivity index (χ0) is 19.7. The van der Waals surface area contributed by atoms with Gasteiger partial charge >= 0.3 is 0 Å². The number of hydrogen-bond acceptors (Lipinski definition) is 5. The predicted molar refractivity (Wildman–Crippen MR) is 108 cm³/mol. The van der Waals surface area contributed by atoms with Crippen molar-refractivity contribution < 1.29 is 19.1 Å². The van der Waals surface area contributed by atoms with Crippen molar-refractivity contribution in [1.29, 1.82) is 0 Å². The number of rotatable bonds is 6. The lowest BCUT2D eigenvalue weighted by molar-refractivity contribution is -0.124. The van der Waals surface area contributed by atoms with Crippen LogP contribution in [0.2, 0.25) is 0 Å². The van der Waals surface area contributed by atoms with E-state index < -0.39 is 6.04 Å². The Labute approximate surface area is 168 Å². The second-order valence-corrected chi connectivity index (χ2v) is 7.84. The van der Waals surface area contributed by atoms with Crippen LogP contribution in [0.15, 0.2) is 42.5 Å². The molecule has 4 rings (SSSR count). The van der Waals surface area contributed by atoms with Gasteiger partial charge in [0.05, 0.1) is 14.2 Å². The largest absolute Gasteiger partial charge is 0.493 e. The summed E-state index contributed by atoms with van der Waals surface area (Å²) in [5.74, 6) is 1.81. The molecule has 0 aliphatic carbocycles. The number of nitrogens with zero attached hydrogens (tertiary/aromatic N) is 1. The molecular weight excluding hydrogens is 376 g/mol. The van der Waals surface area contributed by atoms with Gasteiger partial charge in [-0.05, 0) is 35.7 Å². The van der Waals surface area contributed by atoms with E-state index >= 15 is 0 Å². The van der Waals surface area contributed by atoms with E-state index in [-0.39, 0.29) is 17.2 Å². The fourth-order valence-corrected chi connectivity index (χ4v) is 5.19. The van der Waals surface area contributed by atoms with E-state index in [2.05, 4.69) is 5.32 Å². The van der Waals surface area contributed by atoms with Crippen LogP contribution >= 0.6 is 11.8 Å². The SMILES string of the molecule is COc1ccc(CCNC(=O)[C@@H]2CSC3c4ccccc4C(=O)N32)cc1OC. The van der Waals surface area contributed by atoms with Crippen LogP contribution < -0.4 is 14.8 Å². The molecule has 1 N–H and O–H groups in total. The second kappa shape index (κ2) is 7.75. The third-order valence-electron chi connectivity index (χ3n) is 5.16. The Morgan fingerprint density at radius 3 is 2.75 bits per heavy atom. The van der Waals surface area contributed by atoms with Gasteiger partial charge in [0.25, 0.3) is 5.91 Å². The van der Waals surface area contributed by atoms with E-state index in [1.54, 1.807) is 30.9 Å². The Balaban J connectivity index is 1.37. The molecule has 0 saturated carbocycles. The smallest absolute Gasteiger partial charge is 0.256 e. The molecule has 2 heterocycles. The lowest BCUT2D eigenvalue weighted by Crippen LogP contribution is -2.46. The van der Waals surface area contributed by atoms with Gasteiger partial charge in [-0.25, -0.2) is 0 Å². The Hall–Kier alpha value is -2.67. The number of ether oxygens (including phenoxy) is 2. The minimum Gasteiger partial charge on any atom is -0.493 e. The van der Waals surface area contributed by atoms with Crippen molar-refractivity contribution in [3.05, 3.63) is 59.2 Å². The first kappa shape index (κ1) is 18.7. The maximum atomic E-state index is 12.7. The van der Waals surface area contributed by atoms with Gasteiger partial charge in [0.1, 0.15) is 11.4 Å². The van der Waals surface area contributed by atoms with E-state index in [0.29, 0.717) is 35.8 Å². The molecule has 0 radical (unpaired) electrons. The molecule has 2 aromatic rings. The lowest BCUT2D eigenvalue weighted by atomic mass is 10.1. The number of nitrogens with one attached hydrogen (secondary N) is 1. The number of thioether (sulfide) groups is 1. The molecule has 28 heavy (non-hydrogen) atoms. The molecule has 2 aliphatic rings. The number of carbonyl (C=O) groups excluding carboxylic acids is 2. The quantitative estimate of drug-likeness (QED) is 0.810. The normalized spacial score (nSPS) is 19.9. The Morgan fingerprint density at radius 1 is 1.18 bits per heavy atom. The molecule has 2 atom stereocenters. The van der Waals surface area contributed by atoms with Crippen LogP contribution in [-0.4, -0.2) is 49.3 Å². The molecule has 0 bridgehead atoms. The fraction of sp³-hybridized carbons (Fsp3) is 0.333. The number of hydrogen-bond donors (Lipinski definition) is 1. The van der Waals surface area contributed by atoms with Crippen molar-refractivity contribution in [1.82, 2.24) is 10.2 Å². The molecule has 2 aliphatic heterocycles. The fourth-order valence-electron chi connectivity index (χ4n) is 3.73. The zero-order valence-corrected chi connectivity index (χ0v) is 16.6. The highest BCUT2D eigenvalue weighted by atomic mass is 32.2. The molecule has 0 spiro atoms. The monoisotopic (exact) mass is 398 g/mol. The van der Waals surface area contributed by atoms with Crippen molar-refractivity contribution in [2.24, 2.45) is 0 Å². The topological polar surface area (TPSA) is 67.9 Å². The van der Waals surface area contributed by atoms with Crippen molar-refractivity contribution in [2.75, 3.05) is 26.5 Å². The van der Waals surface area contributed by atoms with E-state index in [0.717, 1.165) is 11.1 Å². The average molecular weight is 398 g/mol. The summed E-state index contributed by atoms with van der Waals surface area (Å²) in [4.78, 5) is 27.2. The van der Waals surface area contributed by atoms with Gasteiger partial charge < -0.3 is 19.7 Å². The van der Waals surface area contributed by atoms with E-state index in [1.807, 2.05) is 42.5 Å². The maximum Gasteiger partial charge on any atom is 0.256 e. The molecule has 146 valence electrons. The first-order chi connectivity index (χ1) is 13.6. The van der Waals surface area contributed by atoms with Gasteiger partial charge in [-0.2, -0.15) is 0 Å². The number of methoxy groups -OCH3 is 2. The molecule has 2 aromatic carbocycles. The average Bonchev–Trinajstić information content (AvgIpc) is 3.28. The van der Waals surface area contributed by atoms with Gasteiger partial charge in [0, 0.05) is 17.9 Å². The summed E-state index contributed by atoms with van der Waals surface area (Å²) in [7, 11) is 3.20. The highest BCUT2D eigenvalue weighted by Crippen LogP contribution is 2.48. The van der Waals surface area contributed by atoms with Gasteiger partial charge in [0.15, 0.2) is 11.5 Å². The highest BCUT2D eigenvalue weighted by molar-refractivity contribution is 7.99. The van der Waals surface area contributed by atoms with Gasteiger partial charge in [-0.1, -0.05) is 24.3 Å². The van der Waals surface area contributed by atoms with E-state index in [4.69, 9.17) is 9.47 Å². The van der Waals surface area contributed by atoms with Gasteiger partial charge in [-0.3, -0.25) is 9.59 Å². The van der Waals surface area contributed by atoms with Crippen LogP contribution in [0.3, 0.4) is 0 Å². The van der Waals surface area contributed by atoms with Crippen molar-refractivity contribution >= 4 is 23.6 Å². The standard InChI is InChI=1S/C21H22N2O4S/c1-26-17-8-7-13(11-18(17)27-2)9-10-22-19(24)16-12-28-21-15-6-4-3-5-14(15)20(25)23(16)21/h3-8,11,16,21H,9-10,12H2,1-2H3,(H,22,24)/t16-,21?/m0/s1. The maximum absolute atomic E-state index is 12.7. The first-order valence-electron chi connectivity index (χ1n) is 9.16. The molecular formula is C21H22N2O4S. The minimum absolute atomic E-state index is 0.0503. The summed E-state index contributed by atoms with van der Waals surface area (Å²) in [6.07, 6.45) is 0.670. The van der Waals surface area contributed by atoms with E-state index in [9.17, 15) is 9.59 Å². The van der Waals surface area contributed by atoms with Crippen LogP contribution in [0.25, 0.3) is 0 Å². The molecule has 2 amide bonds. The van der Waals surface area contributed by atoms with Crippen molar-refractivity contribution in [3.63, 3.8) is 0 Å². The number of amides is 2. The molecule has 0 aromatic heterocycles. The Kier molecular flexibility index (Phi) is 5.17. The summed E-state index contributed by atoms with van der Waals surface area (Å²) < 4.78 is 10.6. The van der Waals surface area contributed by atoms with Gasteiger partial charge in [0.2, 0.25) is 5.91 Å². The number of benzene rings is 2. The highest BCUT2D eigenvalue weighted by Gasteiger charge is 2.48. The molecule has 1 saturated heterocycles. The summed E-state index contributed by atoms with van der Waals surface area (Å²) in [6, 6.07) is 12.9. The van der Waals surface area contributed by atoms with Crippen LogP contribution in [-0.2, 0) is 11.2 Å². The Bertz CT molecular complexity index is 917. The van der Waals surface area contributed by atoms with Crippen LogP contribution in [0.4, 0.5) is 0 Å². The molecule has 6 nitrogen and oxygen atoms in total. The van der Waals surface area contributed by atoms with Crippen molar-refractivity contribution in [2.45, 2.75) is 17.8 Å². The predicted octanol–water partition coefficient (Wildman–Crippen LogP) is 2.63. The lowest BCUT2D eigenvalue weighted by Gasteiger charge is -2.22. The summed E-state index contributed by atoms with van der Waals surface area (Å²) in [6.45, 7) is 0.495. The molecule has 1 unspecified atom stereocenters. The summed E-state index contributed by atoms with van der Waals surface area (Å²) in [5.41, 5.74) is 2.77. The molecule has 1 fully saturated rings. The van der Waals surface area contributed by atoms with Gasteiger partial charge in [-0.15, -0.1) is 11.8 Å². The second-order valence-electron chi connectivity index (χ2n) is 6.73. The van der Waals surface area contributed by atoms with Crippen molar-refractivity contribution in [3.8, 4) is 11.5 Å². The third kappa shape index (κ3) is 3.20. The van der Waals surface area contributed by atoms with Crippen LogP contribution in [0, 0.1) is 0 Å². The Morgan fingerprint density at radius 2 is 1.96 bits per heavy atom. The number of carbonyl (C=O) groups is 2. The zero-order valence-electron chi connectivity index (χ0n) is 15.8. The third-order valence-corrected chi connectivity index (χ3v) is 6.46. The van der Waals surface area contributed by atoms with Crippen LogP contribution in [0.5, 0.6) is 11.5 Å². The van der Waals surface area contributed by atoms with E-state index in [1.165, 1.54) is 0 Å². The summed E-state index contributed by atoms with van der Waals surface area (Å²) >= 11 is 1.65. The van der Waals surface area contributed by atoms with Crippen LogP contribution in [0.1, 0.15) is 26.9 Å². The number of fused-ring (bicyclic) bond motifs is 3. The first-order valence-corrected chi connectivity index (χ1v) is 10.2. The molecule has 7 heteroatoms.